The molecule has 3 heteroatoms. The van der Waals surface area contributed by atoms with Crippen LogP contribution in [0.5, 0.6) is 11.5 Å². The number of ether oxygens (including phenoxy) is 3. The molecule has 0 fully saturated rings. The zero-order chi connectivity index (χ0) is 29.5. The van der Waals surface area contributed by atoms with Crippen LogP contribution in [0.25, 0.3) is 0 Å². The van der Waals surface area contributed by atoms with E-state index < -0.39 is 11.2 Å². The van der Waals surface area contributed by atoms with Gasteiger partial charge in [0.1, 0.15) is 22.7 Å². The van der Waals surface area contributed by atoms with E-state index in [1.165, 1.54) is 0 Å². The second-order valence-corrected chi connectivity index (χ2v) is 10.4. The Kier molecular flexibility index (Phi) is 8.08. The van der Waals surface area contributed by atoms with Gasteiger partial charge in [-0.05, 0) is 57.6 Å². The van der Waals surface area contributed by atoms with Crippen molar-refractivity contribution in [3.8, 4) is 11.5 Å². The fourth-order valence-corrected chi connectivity index (χ4v) is 5.93. The lowest BCUT2D eigenvalue weighted by atomic mass is 9.75. The van der Waals surface area contributed by atoms with Crippen molar-refractivity contribution in [1.29, 1.82) is 0 Å². The van der Waals surface area contributed by atoms with Gasteiger partial charge in [-0.3, -0.25) is 0 Å². The third-order valence-corrected chi connectivity index (χ3v) is 8.02. The van der Waals surface area contributed by atoms with Crippen LogP contribution in [0, 0.1) is 0 Å². The second kappa shape index (κ2) is 12.4. The first-order valence-corrected chi connectivity index (χ1v) is 14.4. The van der Waals surface area contributed by atoms with Crippen molar-refractivity contribution < 1.29 is 14.2 Å². The summed E-state index contributed by atoms with van der Waals surface area (Å²) >= 11 is 0. The first-order chi connectivity index (χ1) is 21.2. The average molecular weight is 563 g/mol. The van der Waals surface area contributed by atoms with E-state index in [1.807, 2.05) is 48.5 Å². The van der Waals surface area contributed by atoms with Crippen LogP contribution in [-0.4, -0.2) is 14.2 Å². The molecule has 0 N–H and O–H groups in total. The summed E-state index contributed by atoms with van der Waals surface area (Å²) in [6, 6.07) is 58.3. The quantitative estimate of drug-likeness (QED) is 0.156. The molecule has 3 nitrogen and oxygen atoms in total. The third-order valence-electron chi connectivity index (χ3n) is 8.02. The van der Waals surface area contributed by atoms with Crippen LogP contribution >= 0.6 is 0 Å². The Labute approximate surface area is 254 Å². The number of rotatable bonds is 10. The average Bonchev–Trinajstić information content (AvgIpc) is 3.11. The van der Waals surface area contributed by atoms with Crippen LogP contribution in [0.1, 0.15) is 33.4 Å². The highest BCUT2D eigenvalue weighted by Crippen LogP contribution is 2.51. The minimum Gasteiger partial charge on any atom is -0.497 e. The molecule has 0 saturated heterocycles. The molecule has 212 valence electrons. The van der Waals surface area contributed by atoms with Crippen molar-refractivity contribution in [1.82, 2.24) is 0 Å². The first kappa shape index (κ1) is 28.0. The summed E-state index contributed by atoms with van der Waals surface area (Å²) in [7, 11) is 3.37. The van der Waals surface area contributed by atoms with Crippen molar-refractivity contribution in [2.75, 3.05) is 14.2 Å². The largest absolute Gasteiger partial charge is 0.497 e. The van der Waals surface area contributed by atoms with E-state index in [1.54, 1.807) is 14.2 Å². The number of methoxy groups -OCH3 is 2. The van der Waals surface area contributed by atoms with E-state index in [4.69, 9.17) is 14.2 Å². The summed E-state index contributed by atoms with van der Waals surface area (Å²) < 4.78 is 19.2. The van der Waals surface area contributed by atoms with Crippen LogP contribution in [0.4, 0.5) is 0 Å². The molecule has 0 aliphatic rings. The highest BCUT2D eigenvalue weighted by atomic mass is 16.5. The van der Waals surface area contributed by atoms with E-state index >= 15 is 0 Å². The second-order valence-electron chi connectivity index (χ2n) is 10.4. The minimum atomic E-state index is -1.03. The van der Waals surface area contributed by atoms with Crippen LogP contribution in [0.15, 0.2) is 170 Å². The maximum absolute atomic E-state index is 8.01. The Morgan fingerprint density at radius 1 is 0.302 bits per heavy atom. The lowest BCUT2D eigenvalue weighted by Crippen LogP contribution is -2.44. The third kappa shape index (κ3) is 5.20. The smallest absolute Gasteiger partial charge is 0.145 e. The highest BCUT2D eigenvalue weighted by molar-refractivity contribution is 5.54. The maximum Gasteiger partial charge on any atom is 0.145 e. The Bertz CT molecular complexity index is 1500. The molecule has 0 bridgehead atoms. The highest BCUT2D eigenvalue weighted by Gasteiger charge is 2.48. The Morgan fingerprint density at radius 3 is 0.767 bits per heavy atom. The van der Waals surface area contributed by atoms with Gasteiger partial charge in [0, 0.05) is 0 Å². The van der Waals surface area contributed by atoms with E-state index in [0.717, 1.165) is 44.9 Å². The zero-order valence-corrected chi connectivity index (χ0v) is 24.4. The van der Waals surface area contributed by atoms with E-state index in [2.05, 4.69) is 121 Å². The van der Waals surface area contributed by atoms with E-state index in [0.29, 0.717) is 0 Å². The van der Waals surface area contributed by atoms with E-state index in [9.17, 15) is 0 Å². The van der Waals surface area contributed by atoms with Crippen LogP contribution in [0.2, 0.25) is 0 Å². The molecule has 0 saturated carbocycles. The van der Waals surface area contributed by atoms with Gasteiger partial charge in [0.2, 0.25) is 0 Å². The maximum atomic E-state index is 8.01. The molecule has 0 aliphatic heterocycles. The fraction of sp³-hybridized carbons (Fsp3) is 0.100. The van der Waals surface area contributed by atoms with E-state index in [-0.39, 0.29) is 0 Å². The lowest BCUT2D eigenvalue weighted by molar-refractivity contribution is -0.0810. The molecule has 0 aliphatic carbocycles. The summed E-state index contributed by atoms with van der Waals surface area (Å²) in [4.78, 5) is 0. The summed E-state index contributed by atoms with van der Waals surface area (Å²) in [5.74, 6) is 1.57. The number of hydrogen-bond donors (Lipinski definition) is 0. The van der Waals surface area contributed by atoms with Crippen molar-refractivity contribution in [2.24, 2.45) is 0 Å². The van der Waals surface area contributed by atoms with Crippen LogP contribution < -0.4 is 9.47 Å². The van der Waals surface area contributed by atoms with Gasteiger partial charge in [0.25, 0.3) is 0 Å². The molecule has 0 aromatic heterocycles. The monoisotopic (exact) mass is 562 g/mol. The molecule has 43 heavy (non-hydrogen) atoms. The SMILES string of the molecule is COc1ccc(C(OC(c2ccccc2)(c2ccccc2)c2ccc(OC)cc2)(c2ccccc2)c2ccccc2)cc1. The molecular weight excluding hydrogens is 528 g/mol. The Hall–Kier alpha value is -5.12. The molecule has 0 atom stereocenters. The predicted octanol–water partition coefficient (Wildman–Crippen LogP) is 9.00. The summed E-state index contributed by atoms with van der Waals surface area (Å²) in [5, 5.41) is 0. The molecule has 6 aromatic rings. The predicted molar refractivity (Wildman–Crippen MR) is 173 cm³/mol. The van der Waals surface area contributed by atoms with Gasteiger partial charge in [0.05, 0.1) is 14.2 Å². The van der Waals surface area contributed by atoms with Crippen molar-refractivity contribution >= 4 is 0 Å². The van der Waals surface area contributed by atoms with Crippen molar-refractivity contribution in [3.63, 3.8) is 0 Å². The standard InChI is InChI=1S/C40H34O3/c1-41-37-27-23-35(24-28-37)39(31-15-7-3-8-16-31,32-17-9-4-10-18-32)43-40(33-19-11-5-12-20-33,34-21-13-6-14-22-34)36-25-29-38(42-2)30-26-36/h3-30H,1-2H3. The first-order valence-electron chi connectivity index (χ1n) is 14.4. The van der Waals surface area contributed by atoms with Gasteiger partial charge < -0.3 is 14.2 Å². The fourth-order valence-electron chi connectivity index (χ4n) is 5.93. The van der Waals surface area contributed by atoms with Gasteiger partial charge in [-0.2, -0.15) is 0 Å². The summed E-state index contributed by atoms with van der Waals surface area (Å²) in [5.41, 5.74) is 3.95. The minimum absolute atomic E-state index is 0.784. The Morgan fingerprint density at radius 2 is 0.535 bits per heavy atom. The van der Waals surface area contributed by atoms with Gasteiger partial charge >= 0.3 is 0 Å². The molecule has 6 rings (SSSR count). The van der Waals surface area contributed by atoms with Crippen LogP contribution in [0.3, 0.4) is 0 Å². The molecule has 0 spiro atoms. The molecule has 0 heterocycles. The molecule has 0 radical (unpaired) electrons. The lowest BCUT2D eigenvalue weighted by Gasteiger charge is -2.46. The molecular formula is C40H34O3. The van der Waals surface area contributed by atoms with Gasteiger partial charge in [0.15, 0.2) is 0 Å². The normalized spacial score (nSPS) is 11.6. The van der Waals surface area contributed by atoms with Gasteiger partial charge in [-0.1, -0.05) is 146 Å². The number of benzene rings is 6. The van der Waals surface area contributed by atoms with Crippen LogP contribution in [-0.2, 0) is 15.9 Å². The Balaban J connectivity index is 1.75. The van der Waals surface area contributed by atoms with Gasteiger partial charge in [-0.25, -0.2) is 0 Å². The summed E-state index contributed by atoms with van der Waals surface area (Å²) in [6.45, 7) is 0. The topological polar surface area (TPSA) is 27.7 Å². The molecule has 0 amide bonds. The number of hydrogen-bond acceptors (Lipinski definition) is 3. The van der Waals surface area contributed by atoms with Crippen molar-refractivity contribution in [2.45, 2.75) is 11.2 Å². The molecule has 0 unspecified atom stereocenters. The summed E-state index contributed by atoms with van der Waals surface area (Å²) in [6.07, 6.45) is 0. The van der Waals surface area contributed by atoms with Crippen molar-refractivity contribution in [3.05, 3.63) is 203 Å². The zero-order valence-electron chi connectivity index (χ0n) is 24.4. The molecule has 6 aromatic carbocycles. The van der Waals surface area contributed by atoms with Gasteiger partial charge in [-0.15, -0.1) is 0 Å².